The second-order valence-corrected chi connectivity index (χ2v) is 6.20. The highest BCUT2D eigenvalue weighted by molar-refractivity contribution is 8.09. The predicted octanol–water partition coefficient (Wildman–Crippen LogP) is 1.51. The molecule has 80 valence electrons. The Morgan fingerprint density at radius 2 is 1.92 bits per heavy atom. The van der Waals surface area contributed by atoms with E-state index in [0.29, 0.717) is 0 Å². The Bertz CT molecular complexity index is 190. The summed E-state index contributed by atoms with van der Waals surface area (Å²) in [5.74, 6) is 0. The Morgan fingerprint density at radius 1 is 1.38 bits per heavy atom. The molecule has 0 heterocycles. The first-order valence-electron chi connectivity index (χ1n) is 3.30. The molecule has 0 aliphatic heterocycles. The summed E-state index contributed by atoms with van der Waals surface area (Å²) in [4.78, 5) is 8.90. The van der Waals surface area contributed by atoms with Gasteiger partial charge in [-0.15, -0.1) is 0 Å². The zero-order chi connectivity index (χ0) is 10.5. The molecule has 0 aliphatic rings. The molecule has 13 heavy (non-hydrogen) atoms. The summed E-state index contributed by atoms with van der Waals surface area (Å²) in [6, 6.07) is 0. The van der Waals surface area contributed by atoms with Crippen LogP contribution in [0.5, 0.6) is 0 Å². The smallest absolute Gasteiger partial charge is 0.370 e. The van der Waals surface area contributed by atoms with E-state index in [9.17, 15) is 13.2 Å². The van der Waals surface area contributed by atoms with Crippen molar-refractivity contribution in [3.63, 3.8) is 0 Å². The molecule has 0 fully saturated rings. The molecule has 0 aromatic rings. The summed E-state index contributed by atoms with van der Waals surface area (Å²) in [6.45, 7) is -3.13. The van der Waals surface area contributed by atoms with Gasteiger partial charge in [0.05, 0.1) is 13.2 Å². The van der Waals surface area contributed by atoms with Crippen LogP contribution < -0.4 is 0 Å². The van der Waals surface area contributed by atoms with E-state index in [1.807, 2.05) is 0 Å². The fraction of sp³-hybridized carbons (Fsp3) is 1.00. The van der Waals surface area contributed by atoms with Gasteiger partial charge in [0.25, 0.3) is 0 Å². The fourth-order valence-corrected chi connectivity index (χ4v) is 1.09. The third-order valence-electron chi connectivity index (χ3n) is 0.824. The fourth-order valence-electron chi connectivity index (χ4n) is 0.453. The highest BCUT2D eigenvalue weighted by Crippen LogP contribution is 2.36. The van der Waals surface area contributed by atoms with Crippen LogP contribution in [-0.2, 0) is 21.1 Å². The quantitative estimate of drug-likeness (QED) is 0.582. The van der Waals surface area contributed by atoms with Crippen molar-refractivity contribution in [2.45, 2.75) is 6.18 Å². The SMILES string of the molecule is CP(O)(=S)OCCOCC(F)(F)F. The van der Waals surface area contributed by atoms with E-state index in [0.717, 1.165) is 0 Å². The van der Waals surface area contributed by atoms with Crippen molar-refractivity contribution in [3.8, 4) is 0 Å². The number of rotatable bonds is 5. The molecule has 0 bridgehead atoms. The molecule has 0 spiro atoms. The molecule has 0 rings (SSSR count). The number of hydrogen-bond donors (Lipinski definition) is 1. The Hall–Kier alpha value is 0.320. The second-order valence-electron chi connectivity index (χ2n) is 2.30. The van der Waals surface area contributed by atoms with Crippen molar-refractivity contribution >= 4 is 18.3 Å². The lowest BCUT2D eigenvalue weighted by Crippen LogP contribution is -2.18. The van der Waals surface area contributed by atoms with Crippen LogP contribution in [0.25, 0.3) is 0 Å². The molecule has 3 nitrogen and oxygen atoms in total. The maximum absolute atomic E-state index is 11.5. The molecule has 0 aromatic carbocycles. The van der Waals surface area contributed by atoms with Crippen LogP contribution >= 0.6 is 6.49 Å². The van der Waals surface area contributed by atoms with Gasteiger partial charge in [-0.05, 0) is 11.8 Å². The Morgan fingerprint density at radius 3 is 2.31 bits per heavy atom. The lowest BCUT2D eigenvalue weighted by Gasteiger charge is -2.11. The van der Waals surface area contributed by atoms with Gasteiger partial charge in [-0.25, -0.2) is 0 Å². The van der Waals surface area contributed by atoms with Crippen LogP contribution in [0.2, 0.25) is 0 Å². The maximum Gasteiger partial charge on any atom is 0.411 e. The molecule has 1 unspecified atom stereocenters. The van der Waals surface area contributed by atoms with Crippen molar-refractivity contribution in [3.05, 3.63) is 0 Å². The predicted molar refractivity (Wildman–Crippen MR) is 45.3 cm³/mol. The number of alkyl halides is 3. The first kappa shape index (κ1) is 13.3. The van der Waals surface area contributed by atoms with E-state index in [1.54, 1.807) is 0 Å². The van der Waals surface area contributed by atoms with Crippen molar-refractivity contribution in [1.29, 1.82) is 0 Å². The van der Waals surface area contributed by atoms with Crippen molar-refractivity contribution in [1.82, 2.24) is 0 Å². The van der Waals surface area contributed by atoms with Gasteiger partial charge in [0.2, 0.25) is 0 Å². The molecule has 0 radical (unpaired) electrons. The van der Waals surface area contributed by atoms with E-state index in [-0.39, 0.29) is 13.2 Å². The molecule has 8 heteroatoms. The van der Waals surface area contributed by atoms with E-state index in [4.69, 9.17) is 4.89 Å². The molecule has 1 N–H and O–H groups in total. The maximum atomic E-state index is 11.5. The topological polar surface area (TPSA) is 38.7 Å². The van der Waals surface area contributed by atoms with Gasteiger partial charge in [0.1, 0.15) is 6.61 Å². The van der Waals surface area contributed by atoms with Crippen molar-refractivity contribution < 1.29 is 27.3 Å². The molecular weight excluding hydrogens is 228 g/mol. The van der Waals surface area contributed by atoms with Crippen LogP contribution in [0.1, 0.15) is 0 Å². The largest absolute Gasteiger partial charge is 0.411 e. The molecule has 0 saturated carbocycles. The van der Waals surface area contributed by atoms with Gasteiger partial charge >= 0.3 is 6.18 Å². The number of hydrogen-bond acceptors (Lipinski definition) is 3. The average molecular weight is 238 g/mol. The normalized spacial score (nSPS) is 17.0. The third-order valence-corrected chi connectivity index (χ3v) is 1.80. The highest BCUT2D eigenvalue weighted by atomic mass is 32.5. The summed E-state index contributed by atoms with van der Waals surface area (Å²) in [5, 5.41) is 0. The monoisotopic (exact) mass is 238 g/mol. The Labute approximate surface area is 79.0 Å². The second kappa shape index (κ2) is 5.26. The van der Waals surface area contributed by atoms with Gasteiger partial charge < -0.3 is 14.2 Å². The van der Waals surface area contributed by atoms with Crippen LogP contribution in [0.3, 0.4) is 0 Å². The summed E-state index contributed by atoms with van der Waals surface area (Å²) >= 11 is 4.47. The zero-order valence-electron chi connectivity index (χ0n) is 6.87. The summed E-state index contributed by atoms with van der Waals surface area (Å²) < 4.78 is 43.3. The van der Waals surface area contributed by atoms with E-state index in [1.165, 1.54) is 6.66 Å². The average Bonchev–Trinajstić information content (AvgIpc) is 1.81. The lowest BCUT2D eigenvalue weighted by atomic mass is 10.7. The van der Waals surface area contributed by atoms with Crippen LogP contribution in [0.15, 0.2) is 0 Å². The Kier molecular flexibility index (Phi) is 5.39. The number of halogens is 3. The van der Waals surface area contributed by atoms with Gasteiger partial charge in [-0.3, -0.25) is 0 Å². The zero-order valence-corrected chi connectivity index (χ0v) is 8.59. The van der Waals surface area contributed by atoms with E-state index < -0.39 is 19.3 Å². The molecular formula is C5H10F3O3PS. The van der Waals surface area contributed by atoms with Crippen LogP contribution in [-0.4, -0.2) is 37.6 Å². The summed E-state index contributed by atoms with van der Waals surface area (Å²) in [6.07, 6.45) is -4.33. The molecule has 1 atom stereocenters. The minimum Gasteiger partial charge on any atom is -0.370 e. The van der Waals surface area contributed by atoms with Gasteiger partial charge in [-0.2, -0.15) is 13.2 Å². The Balaban J connectivity index is 3.33. The van der Waals surface area contributed by atoms with Crippen molar-refractivity contribution in [2.24, 2.45) is 0 Å². The van der Waals surface area contributed by atoms with Crippen LogP contribution in [0.4, 0.5) is 13.2 Å². The molecule has 0 saturated heterocycles. The molecule has 0 amide bonds. The minimum atomic E-state index is -4.33. The standard InChI is InChI=1S/C5H10F3O3PS/c1-12(9,13)11-3-2-10-4-5(6,7)8/h2-4H2,1H3,(H,9,13). The minimum absolute atomic E-state index is 0.125. The van der Waals surface area contributed by atoms with Gasteiger partial charge in [0, 0.05) is 6.66 Å². The van der Waals surface area contributed by atoms with Crippen LogP contribution in [0, 0.1) is 0 Å². The first-order valence-corrected chi connectivity index (χ1v) is 6.42. The molecule has 0 aliphatic carbocycles. The number of ether oxygens (including phenoxy) is 1. The third kappa shape index (κ3) is 12.3. The van der Waals surface area contributed by atoms with E-state index in [2.05, 4.69) is 21.1 Å². The first-order chi connectivity index (χ1) is 5.71. The summed E-state index contributed by atoms with van der Waals surface area (Å²) in [5.41, 5.74) is 0. The lowest BCUT2D eigenvalue weighted by molar-refractivity contribution is -0.175. The van der Waals surface area contributed by atoms with Crippen molar-refractivity contribution in [2.75, 3.05) is 26.5 Å². The van der Waals surface area contributed by atoms with Gasteiger partial charge in [-0.1, -0.05) is 0 Å². The highest BCUT2D eigenvalue weighted by Gasteiger charge is 2.27. The van der Waals surface area contributed by atoms with Gasteiger partial charge in [0.15, 0.2) is 6.49 Å². The summed E-state index contributed by atoms with van der Waals surface area (Å²) in [7, 11) is 0. The van der Waals surface area contributed by atoms with E-state index >= 15 is 0 Å². The molecule has 0 aromatic heterocycles.